The zero-order valence-electron chi connectivity index (χ0n) is 8.53. The number of benzene rings is 1. The number of hydrogen-bond acceptors (Lipinski definition) is 1. The van der Waals surface area contributed by atoms with Gasteiger partial charge in [0.15, 0.2) is 10.9 Å². The second-order valence-electron chi connectivity index (χ2n) is 3.04. The van der Waals surface area contributed by atoms with Crippen LogP contribution in [0.25, 0.3) is 0 Å². The number of halogens is 2. The lowest BCUT2D eigenvalue weighted by atomic mass is 10.2. The van der Waals surface area contributed by atoms with E-state index in [4.69, 9.17) is 12.2 Å². The van der Waals surface area contributed by atoms with Crippen molar-refractivity contribution in [1.82, 2.24) is 5.32 Å². The number of anilines is 1. The Morgan fingerprint density at radius 3 is 2.67 bits per heavy atom. The SMILES string of the molecule is CCNC(=S)Nc1c(F)ccc(C)c1F. The van der Waals surface area contributed by atoms with Crippen LogP contribution < -0.4 is 10.6 Å². The van der Waals surface area contributed by atoms with Crippen LogP contribution in [0.15, 0.2) is 12.1 Å². The van der Waals surface area contributed by atoms with Gasteiger partial charge in [0.25, 0.3) is 0 Å². The van der Waals surface area contributed by atoms with Gasteiger partial charge >= 0.3 is 0 Å². The van der Waals surface area contributed by atoms with Crippen LogP contribution in [-0.2, 0) is 0 Å². The summed E-state index contributed by atoms with van der Waals surface area (Å²) < 4.78 is 26.7. The number of rotatable bonds is 2. The van der Waals surface area contributed by atoms with E-state index in [-0.39, 0.29) is 10.8 Å². The molecular formula is C10H12F2N2S. The summed E-state index contributed by atoms with van der Waals surface area (Å²) in [5.74, 6) is -1.27. The first kappa shape index (κ1) is 11.8. The van der Waals surface area contributed by atoms with Crippen LogP contribution in [0.3, 0.4) is 0 Å². The lowest BCUT2D eigenvalue weighted by molar-refractivity contribution is 0.585. The Hall–Kier alpha value is -1.23. The molecule has 1 aromatic carbocycles. The maximum absolute atomic E-state index is 13.5. The third kappa shape index (κ3) is 2.86. The second-order valence-corrected chi connectivity index (χ2v) is 3.45. The maximum Gasteiger partial charge on any atom is 0.170 e. The van der Waals surface area contributed by atoms with Crippen molar-refractivity contribution in [2.75, 3.05) is 11.9 Å². The van der Waals surface area contributed by atoms with Crippen LogP contribution in [-0.4, -0.2) is 11.7 Å². The van der Waals surface area contributed by atoms with Crippen LogP contribution in [0.4, 0.5) is 14.5 Å². The molecule has 82 valence electrons. The average Bonchev–Trinajstić information content (AvgIpc) is 2.19. The van der Waals surface area contributed by atoms with E-state index in [0.717, 1.165) is 0 Å². The quantitative estimate of drug-likeness (QED) is 0.764. The molecule has 0 spiro atoms. The summed E-state index contributed by atoms with van der Waals surface area (Å²) in [7, 11) is 0. The van der Waals surface area contributed by atoms with Crippen molar-refractivity contribution < 1.29 is 8.78 Å². The molecule has 1 rings (SSSR count). The van der Waals surface area contributed by atoms with Gasteiger partial charge in [0, 0.05) is 6.54 Å². The summed E-state index contributed by atoms with van der Waals surface area (Å²) in [5.41, 5.74) is 0.166. The van der Waals surface area contributed by atoms with Crippen LogP contribution in [0.1, 0.15) is 12.5 Å². The van der Waals surface area contributed by atoms with Gasteiger partial charge in [0.2, 0.25) is 0 Å². The normalized spacial score (nSPS) is 9.87. The molecule has 1 aromatic rings. The minimum Gasteiger partial charge on any atom is -0.363 e. The van der Waals surface area contributed by atoms with Gasteiger partial charge in [0.05, 0.1) is 0 Å². The number of thiocarbonyl (C=S) groups is 1. The van der Waals surface area contributed by atoms with Crippen LogP contribution in [0.5, 0.6) is 0 Å². The van der Waals surface area contributed by atoms with Gasteiger partial charge in [-0.1, -0.05) is 6.07 Å². The first-order valence-electron chi connectivity index (χ1n) is 4.55. The third-order valence-electron chi connectivity index (χ3n) is 1.86. The topological polar surface area (TPSA) is 24.1 Å². The Kier molecular flexibility index (Phi) is 3.96. The number of hydrogen-bond donors (Lipinski definition) is 2. The van der Waals surface area contributed by atoms with Gasteiger partial charge < -0.3 is 10.6 Å². The molecule has 0 aromatic heterocycles. The van der Waals surface area contributed by atoms with Gasteiger partial charge in [-0.3, -0.25) is 0 Å². The molecule has 0 bridgehead atoms. The zero-order valence-corrected chi connectivity index (χ0v) is 9.34. The fourth-order valence-corrected chi connectivity index (χ4v) is 1.34. The Morgan fingerprint density at radius 2 is 2.07 bits per heavy atom. The minimum atomic E-state index is -0.654. The van der Waals surface area contributed by atoms with Crippen LogP contribution in [0, 0.1) is 18.6 Å². The van der Waals surface area contributed by atoms with E-state index < -0.39 is 11.6 Å². The largest absolute Gasteiger partial charge is 0.363 e. The summed E-state index contributed by atoms with van der Waals surface area (Å²) in [4.78, 5) is 0. The average molecular weight is 230 g/mol. The molecule has 0 aliphatic rings. The monoisotopic (exact) mass is 230 g/mol. The molecule has 0 atom stereocenters. The van der Waals surface area contributed by atoms with Gasteiger partial charge in [-0.05, 0) is 37.7 Å². The molecule has 0 heterocycles. The highest BCUT2D eigenvalue weighted by molar-refractivity contribution is 7.80. The van der Waals surface area contributed by atoms with E-state index >= 15 is 0 Å². The second kappa shape index (κ2) is 5.02. The number of aryl methyl sites for hydroxylation is 1. The van der Waals surface area contributed by atoms with Crippen LogP contribution in [0.2, 0.25) is 0 Å². The van der Waals surface area contributed by atoms with Crippen molar-refractivity contribution >= 4 is 23.0 Å². The Morgan fingerprint density at radius 1 is 1.40 bits per heavy atom. The smallest absolute Gasteiger partial charge is 0.170 e. The molecule has 0 saturated heterocycles. The molecule has 0 aliphatic heterocycles. The van der Waals surface area contributed by atoms with E-state index in [1.54, 1.807) is 6.92 Å². The summed E-state index contributed by atoms with van der Waals surface area (Å²) in [5, 5.41) is 5.45. The van der Waals surface area contributed by atoms with Crippen molar-refractivity contribution in [1.29, 1.82) is 0 Å². The van der Waals surface area contributed by atoms with E-state index in [9.17, 15) is 8.78 Å². The minimum absolute atomic E-state index is 0.207. The lowest BCUT2D eigenvalue weighted by Gasteiger charge is -2.11. The summed E-state index contributed by atoms with van der Waals surface area (Å²) >= 11 is 4.84. The molecule has 0 saturated carbocycles. The summed E-state index contributed by atoms with van der Waals surface area (Å²) in [6.07, 6.45) is 0. The fraction of sp³-hybridized carbons (Fsp3) is 0.300. The molecule has 0 amide bonds. The molecule has 5 heteroatoms. The predicted molar refractivity (Wildman–Crippen MR) is 61.0 cm³/mol. The Labute approximate surface area is 92.7 Å². The van der Waals surface area contributed by atoms with E-state index in [1.807, 2.05) is 6.92 Å². The molecule has 0 fully saturated rings. The molecule has 0 aliphatic carbocycles. The first-order valence-corrected chi connectivity index (χ1v) is 4.96. The summed E-state index contributed by atoms with van der Waals surface area (Å²) in [6, 6.07) is 2.58. The standard InChI is InChI=1S/C10H12F2N2S/c1-3-13-10(15)14-9-7(11)5-4-6(2)8(9)12/h4-5H,3H2,1-2H3,(H2,13,14,15). The molecule has 0 radical (unpaired) electrons. The maximum atomic E-state index is 13.5. The fourth-order valence-electron chi connectivity index (χ4n) is 1.09. The zero-order chi connectivity index (χ0) is 11.4. The molecular weight excluding hydrogens is 218 g/mol. The van der Waals surface area contributed by atoms with Gasteiger partial charge in [-0.2, -0.15) is 0 Å². The molecule has 2 N–H and O–H groups in total. The Balaban J connectivity index is 2.93. The van der Waals surface area contributed by atoms with Gasteiger partial charge in [0.1, 0.15) is 11.5 Å². The van der Waals surface area contributed by atoms with Crippen molar-refractivity contribution in [3.63, 3.8) is 0 Å². The van der Waals surface area contributed by atoms with E-state index in [0.29, 0.717) is 12.1 Å². The highest BCUT2D eigenvalue weighted by Gasteiger charge is 2.11. The van der Waals surface area contributed by atoms with Crippen molar-refractivity contribution in [3.8, 4) is 0 Å². The van der Waals surface area contributed by atoms with Gasteiger partial charge in [-0.25, -0.2) is 8.78 Å². The Bertz CT molecular complexity index is 380. The molecule has 0 unspecified atom stereocenters. The van der Waals surface area contributed by atoms with Crippen LogP contribution >= 0.6 is 12.2 Å². The molecule has 15 heavy (non-hydrogen) atoms. The third-order valence-corrected chi connectivity index (χ3v) is 2.11. The number of nitrogens with one attached hydrogen (secondary N) is 2. The van der Waals surface area contributed by atoms with Gasteiger partial charge in [-0.15, -0.1) is 0 Å². The van der Waals surface area contributed by atoms with Crippen molar-refractivity contribution in [2.24, 2.45) is 0 Å². The van der Waals surface area contributed by atoms with Crippen molar-refractivity contribution in [3.05, 3.63) is 29.3 Å². The highest BCUT2D eigenvalue weighted by Crippen LogP contribution is 2.21. The van der Waals surface area contributed by atoms with Crippen molar-refractivity contribution in [2.45, 2.75) is 13.8 Å². The highest BCUT2D eigenvalue weighted by atomic mass is 32.1. The van der Waals surface area contributed by atoms with E-state index in [1.165, 1.54) is 12.1 Å². The summed E-state index contributed by atoms with van der Waals surface area (Å²) in [6.45, 7) is 4.01. The van der Waals surface area contributed by atoms with E-state index in [2.05, 4.69) is 10.6 Å². The first-order chi connectivity index (χ1) is 7.06. The predicted octanol–water partition coefficient (Wildman–Crippen LogP) is 2.58. The lowest BCUT2D eigenvalue weighted by Crippen LogP contribution is -2.28. The molecule has 2 nitrogen and oxygen atoms in total.